The fraction of sp³-hybridized carbons (Fsp3) is 0.381. The van der Waals surface area contributed by atoms with Gasteiger partial charge in [0.05, 0.1) is 13.2 Å². The summed E-state index contributed by atoms with van der Waals surface area (Å²) < 4.78 is 15.6. The van der Waals surface area contributed by atoms with Crippen molar-refractivity contribution in [3.8, 4) is 5.75 Å². The van der Waals surface area contributed by atoms with E-state index in [1.807, 2.05) is 48.5 Å². The zero-order chi connectivity index (χ0) is 19.6. The number of halogens is 1. The second-order valence-electron chi connectivity index (χ2n) is 6.28. The summed E-state index contributed by atoms with van der Waals surface area (Å²) in [6, 6.07) is 15.4. The van der Waals surface area contributed by atoms with E-state index in [4.69, 9.17) is 21.1 Å². The molecule has 2 unspecified atom stereocenters. The van der Waals surface area contributed by atoms with Crippen molar-refractivity contribution >= 4 is 17.6 Å². The Morgan fingerprint density at radius 2 is 1.81 bits per heavy atom. The number of rotatable bonds is 10. The molecule has 27 heavy (non-hydrogen) atoms. The number of nitrogens with one attached hydrogen (secondary N) is 1. The standard InChI is InChI=1S/C21H26ClNO4/c1-15(16-6-5-9-19(11-16)27-14-21(24)26-3)12-23-13-20(25-2)17-7-4-8-18(22)10-17/h4-11,15,20,23H,12-14H2,1-3H3. The third kappa shape index (κ3) is 6.86. The van der Waals surface area contributed by atoms with Crippen molar-refractivity contribution in [1.29, 1.82) is 0 Å². The predicted molar refractivity (Wildman–Crippen MR) is 106 cm³/mol. The molecule has 5 nitrogen and oxygen atoms in total. The van der Waals surface area contributed by atoms with Crippen LogP contribution in [0.3, 0.4) is 0 Å². The zero-order valence-corrected chi connectivity index (χ0v) is 16.7. The minimum absolute atomic E-state index is 0.0642. The van der Waals surface area contributed by atoms with Gasteiger partial charge in [-0.2, -0.15) is 0 Å². The molecule has 0 radical (unpaired) electrons. The molecule has 0 spiro atoms. The molecule has 2 rings (SSSR count). The Morgan fingerprint density at radius 1 is 1.07 bits per heavy atom. The van der Waals surface area contributed by atoms with E-state index in [2.05, 4.69) is 17.0 Å². The summed E-state index contributed by atoms with van der Waals surface area (Å²) in [7, 11) is 3.03. The fourth-order valence-corrected chi connectivity index (χ4v) is 2.90. The van der Waals surface area contributed by atoms with Gasteiger partial charge in [0.15, 0.2) is 6.61 Å². The Bertz CT molecular complexity index is 738. The summed E-state index contributed by atoms with van der Waals surface area (Å²) in [5.74, 6) is 0.517. The van der Waals surface area contributed by atoms with Gasteiger partial charge in [0.25, 0.3) is 0 Å². The van der Waals surface area contributed by atoms with Crippen molar-refractivity contribution in [1.82, 2.24) is 5.32 Å². The summed E-state index contributed by atoms with van der Waals surface area (Å²) >= 11 is 6.06. The Labute approximate surface area is 165 Å². The molecule has 0 bridgehead atoms. The number of carbonyl (C=O) groups is 1. The molecule has 0 fully saturated rings. The first-order chi connectivity index (χ1) is 13.0. The summed E-state index contributed by atoms with van der Waals surface area (Å²) in [5.41, 5.74) is 2.17. The molecule has 0 aromatic heterocycles. The molecule has 0 aliphatic carbocycles. The van der Waals surface area contributed by atoms with E-state index in [0.717, 1.165) is 17.7 Å². The lowest BCUT2D eigenvalue weighted by atomic mass is 10.0. The van der Waals surface area contributed by atoms with Crippen LogP contribution in [0.5, 0.6) is 5.75 Å². The summed E-state index contributed by atoms with van der Waals surface area (Å²) in [4.78, 5) is 11.2. The van der Waals surface area contributed by atoms with E-state index in [1.54, 1.807) is 7.11 Å². The van der Waals surface area contributed by atoms with E-state index >= 15 is 0 Å². The first-order valence-corrected chi connectivity index (χ1v) is 9.19. The Balaban J connectivity index is 1.87. The van der Waals surface area contributed by atoms with Crippen LogP contribution in [0.2, 0.25) is 5.02 Å². The van der Waals surface area contributed by atoms with Gasteiger partial charge in [-0.25, -0.2) is 4.79 Å². The molecule has 0 heterocycles. The molecule has 0 saturated carbocycles. The number of hydrogen-bond acceptors (Lipinski definition) is 5. The van der Waals surface area contributed by atoms with Gasteiger partial charge in [-0.15, -0.1) is 0 Å². The van der Waals surface area contributed by atoms with Gasteiger partial charge in [-0.3, -0.25) is 0 Å². The number of hydrogen-bond donors (Lipinski definition) is 1. The van der Waals surface area contributed by atoms with Gasteiger partial charge in [0.1, 0.15) is 5.75 Å². The quantitative estimate of drug-likeness (QED) is 0.621. The maximum Gasteiger partial charge on any atom is 0.343 e. The second kappa shape index (κ2) is 10.9. The molecule has 0 amide bonds. The molecular weight excluding hydrogens is 366 g/mol. The molecule has 1 N–H and O–H groups in total. The van der Waals surface area contributed by atoms with Crippen molar-refractivity contribution < 1.29 is 19.0 Å². The lowest BCUT2D eigenvalue weighted by Crippen LogP contribution is -2.26. The van der Waals surface area contributed by atoms with Crippen LogP contribution in [0.4, 0.5) is 0 Å². The number of benzene rings is 2. The van der Waals surface area contributed by atoms with Crippen molar-refractivity contribution in [2.45, 2.75) is 18.9 Å². The summed E-state index contributed by atoms with van der Waals surface area (Å²) in [6.45, 7) is 3.50. The average molecular weight is 392 g/mol. The predicted octanol–water partition coefficient (Wildman–Crippen LogP) is 3.97. The van der Waals surface area contributed by atoms with Gasteiger partial charge < -0.3 is 19.5 Å². The van der Waals surface area contributed by atoms with Crippen molar-refractivity contribution in [3.05, 3.63) is 64.7 Å². The van der Waals surface area contributed by atoms with E-state index in [0.29, 0.717) is 17.3 Å². The molecule has 2 aromatic rings. The number of methoxy groups -OCH3 is 2. The summed E-state index contributed by atoms with van der Waals surface area (Å²) in [5, 5.41) is 4.15. The molecule has 2 aromatic carbocycles. The van der Waals surface area contributed by atoms with Crippen LogP contribution in [0, 0.1) is 0 Å². The highest BCUT2D eigenvalue weighted by molar-refractivity contribution is 6.30. The largest absolute Gasteiger partial charge is 0.482 e. The highest BCUT2D eigenvalue weighted by atomic mass is 35.5. The molecule has 6 heteroatoms. The number of esters is 1. The van der Waals surface area contributed by atoms with Crippen LogP contribution in [0.25, 0.3) is 0 Å². The monoisotopic (exact) mass is 391 g/mol. The zero-order valence-electron chi connectivity index (χ0n) is 15.9. The van der Waals surface area contributed by atoms with Gasteiger partial charge in [0.2, 0.25) is 0 Å². The van der Waals surface area contributed by atoms with Crippen LogP contribution < -0.4 is 10.1 Å². The van der Waals surface area contributed by atoms with E-state index < -0.39 is 5.97 Å². The molecule has 2 atom stereocenters. The number of carbonyl (C=O) groups excluding carboxylic acids is 1. The Hall–Kier alpha value is -2.08. The maximum atomic E-state index is 11.2. The van der Waals surface area contributed by atoms with Crippen LogP contribution in [0.1, 0.15) is 30.1 Å². The highest BCUT2D eigenvalue weighted by Crippen LogP contribution is 2.22. The van der Waals surface area contributed by atoms with Crippen LogP contribution in [-0.4, -0.2) is 39.9 Å². The van der Waals surface area contributed by atoms with Crippen LogP contribution >= 0.6 is 11.6 Å². The minimum Gasteiger partial charge on any atom is -0.482 e. The Morgan fingerprint density at radius 3 is 2.52 bits per heavy atom. The molecule has 0 aliphatic heterocycles. The molecule has 0 saturated heterocycles. The first kappa shape index (κ1) is 21.2. The van der Waals surface area contributed by atoms with E-state index in [9.17, 15) is 4.79 Å². The van der Waals surface area contributed by atoms with Crippen molar-refractivity contribution in [2.24, 2.45) is 0 Å². The van der Waals surface area contributed by atoms with E-state index in [1.165, 1.54) is 7.11 Å². The van der Waals surface area contributed by atoms with Crippen molar-refractivity contribution in [3.63, 3.8) is 0 Å². The van der Waals surface area contributed by atoms with Gasteiger partial charge >= 0.3 is 5.97 Å². The lowest BCUT2D eigenvalue weighted by molar-refractivity contribution is -0.142. The SMILES string of the molecule is COC(=O)COc1cccc(C(C)CNCC(OC)c2cccc(Cl)c2)c1. The average Bonchev–Trinajstić information content (AvgIpc) is 2.69. The van der Waals surface area contributed by atoms with E-state index in [-0.39, 0.29) is 18.6 Å². The minimum atomic E-state index is -0.401. The second-order valence-corrected chi connectivity index (χ2v) is 6.71. The normalized spacial score (nSPS) is 13.0. The topological polar surface area (TPSA) is 56.8 Å². The van der Waals surface area contributed by atoms with Crippen LogP contribution in [-0.2, 0) is 14.3 Å². The van der Waals surface area contributed by atoms with Gasteiger partial charge in [-0.05, 0) is 41.3 Å². The summed E-state index contributed by atoms with van der Waals surface area (Å²) in [6.07, 6.45) is -0.0642. The third-order valence-corrected chi connectivity index (χ3v) is 4.53. The van der Waals surface area contributed by atoms with Gasteiger partial charge in [0, 0.05) is 25.2 Å². The molecule has 146 valence electrons. The lowest BCUT2D eigenvalue weighted by Gasteiger charge is -2.19. The smallest absolute Gasteiger partial charge is 0.343 e. The van der Waals surface area contributed by atoms with Crippen molar-refractivity contribution in [2.75, 3.05) is 33.9 Å². The first-order valence-electron chi connectivity index (χ1n) is 8.82. The Kier molecular flexibility index (Phi) is 8.58. The van der Waals surface area contributed by atoms with Gasteiger partial charge in [-0.1, -0.05) is 42.8 Å². The highest BCUT2D eigenvalue weighted by Gasteiger charge is 2.12. The fourth-order valence-electron chi connectivity index (χ4n) is 2.70. The van der Waals surface area contributed by atoms with Crippen LogP contribution in [0.15, 0.2) is 48.5 Å². The molecule has 0 aliphatic rings. The molecular formula is C21H26ClNO4. The number of ether oxygens (including phenoxy) is 3. The third-order valence-electron chi connectivity index (χ3n) is 4.30. The maximum absolute atomic E-state index is 11.2.